The zero-order valence-electron chi connectivity index (χ0n) is 19.6. The fourth-order valence-electron chi connectivity index (χ4n) is 3.94. The Morgan fingerprint density at radius 1 is 1.00 bits per heavy atom. The number of carbonyl (C=O) groups is 1. The number of hydrogen-bond donors (Lipinski definition) is 1. The Morgan fingerprint density at radius 2 is 1.45 bits per heavy atom. The van der Waals surface area contributed by atoms with Gasteiger partial charge in [0.1, 0.15) is 0 Å². The SMILES string of the molecule is CC(C)(C)[Si](C)(C)OC[C@]1(C(=O)O)C[C@H](N(Cc2ccccc2)Cc2ccccc2)C1. The number of nitrogens with zero attached hydrogens (tertiary/aromatic N) is 1. The van der Waals surface area contributed by atoms with Crippen LogP contribution in [0.1, 0.15) is 44.7 Å². The zero-order valence-corrected chi connectivity index (χ0v) is 20.6. The summed E-state index contributed by atoms with van der Waals surface area (Å²) in [5, 5.41) is 10.2. The molecule has 0 bridgehead atoms. The van der Waals surface area contributed by atoms with E-state index in [0.29, 0.717) is 19.4 Å². The maximum atomic E-state index is 12.3. The van der Waals surface area contributed by atoms with E-state index in [1.54, 1.807) is 0 Å². The zero-order chi connectivity index (χ0) is 22.7. The van der Waals surface area contributed by atoms with Crippen LogP contribution in [0.3, 0.4) is 0 Å². The normalized spacial score (nSPS) is 21.7. The molecule has 0 amide bonds. The second kappa shape index (κ2) is 9.27. The summed E-state index contributed by atoms with van der Waals surface area (Å²) in [4.78, 5) is 14.7. The van der Waals surface area contributed by atoms with Crippen LogP contribution in [-0.2, 0) is 22.3 Å². The van der Waals surface area contributed by atoms with E-state index in [1.165, 1.54) is 11.1 Å². The molecule has 4 nitrogen and oxygen atoms in total. The molecule has 0 saturated heterocycles. The number of hydrogen-bond acceptors (Lipinski definition) is 3. The molecular weight excluding hydrogens is 402 g/mol. The van der Waals surface area contributed by atoms with Gasteiger partial charge >= 0.3 is 5.97 Å². The Hall–Kier alpha value is -1.95. The molecule has 0 heterocycles. The van der Waals surface area contributed by atoms with Crippen LogP contribution in [0.15, 0.2) is 60.7 Å². The van der Waals surface area contributed by atoms with Gasteiger partial charge in [0.2, 0.25) is 0 Å². The minimum atomic E-state index is -1.99. The molecule has 5 heteroatoms. The Morgan fingerprint density at radius 3 is 1.84 bits per heavy atom. The maximum absolute atomic E-state index is 12.3. The third kappa shape index (κ3) is 5.65. The van der Waals surface area contributed by atoms with Crippen LogP contribution in [0.25, 0.3) is 0 Å². The van der Waals surface area contributed by atoms with Crippen LogP contribution in [0.4, 0.5) is 0 Å². The highest BCUT2D eigenvalue weighted by Crippen LogP contribution is 2.47. The molecule has 1 fully saturated rings. The Balaban J connectivity index is 1.73. The van der Waals surface area contributed by atoms with Crippen molar-refractivity contribution in [2.24, 2.45) is 5.41 Å². The summed E-state index contributed by atoms with van der Waals surface area (Å²) in [6, 6.07) is 21.1. The smallest absolute Gasteiger partial charge is 0.312 e. The van der Waals surface area contributed by atoms with Crippen molar-refractivity contribution >= 4 is 14.3 Å². The van der Waals surface area contributed by atoms with Crippen LogP contribution in [0.5, 0.6) is 0 Å². The highest BCUT2D eigenvalue weighted by atomic mass is 28.4. The van der Waals surface area contributed by atoms with Gasteiger partial charge in [0.15, 0.2) is 8.32 Å². The van der Waals surface area contributed by atoms with Crippen LogP contribution in [-0.4, -0.2) is 36.9 Å². The molecule has 0 radical (unpaired) electrons. The number of benzene rings is 2. The summed E-state index contributed by atoms with van der Waals surface area (Å²) >= 11 is 0. The van der Waals surface area contributed by atoms with Gasteiger partial charge in [-0.15, -0.1) is 0 Å². The largest absolute Gasteiger partial charge is 0.481 e. The lowest BCUT2D eigenvalue weighted by atomic mass is 9.65. The molecule has 0 unspecified atom stereocenters. The van der Waals surface area contributed by atoms with E-state index in [4.69, 9.17) is 4.43 Å². The third-order valence-electron chi connectivity index (χ3n) is 7.20. The average molecular weight is 440 g/mol. The summed E-state index contributed by atoms with van der Waals surface area (Å²) in [6.07, 6.45) is 1.27. The minimum absolute atomic E-state index is 0.0719. The van der Waals surface area contributed by atoms with Crippen molar-refractivity contribution < 1.29 is 14.3 Å². The molecule has 0 aromatic heterocycles. The first-order valence-electron chi connectivity index (χ1n) is 11.2. The van der Waals surface area contributed by atoms with E-state index in [0.717, 1.165) is 13.1 Å². The van der Waals surface area contributed by atoms with Crippen LogP contribution in [0.2, 0.25) is 18.1 Å². The van der Waals surface area contributed by atoms with E-state index in [-0.39, 0.29) is 11.1 Å². The van der Waals surface area contributed by atoms with E-state index >= 15 is 0 Å². The van der Waals surface area contributed by atoms with Crippen molar-refractivity contribution in [3.63, 3.8) is 0 Å². The third-order valence-corrected chi connectivity index (χ3v) is 11.7. The Kier molecular flexibility index (Phi) is 7.09. The van der Waals surface area contributed by atoms with Gasteiger partial charge in [-0.25, -0.2) is 0 Å². The molecule has 168 valence electrons. The van der Waals surface area contributed by atoms with Gasteiger partial charge in [-0.2, -0.15) is 0 Å². The second-order valence-electron chi connectivity index (χ2n) is 10.6. The molecule has 2 aromatic carbocycles. The van der Waals surface area contributed by atoms with E-state index in [9.17, 15) is 9.90 Å². The van der Waals surface area contributed by atoms with E-state index in [2.05, 4.69) is 87.3 Å². The van der Waals surface area contributed by atoms with Crippen molar-refractivity contribution in [1.82, 2.24) is 4.90 Å². The first-order valence-corrected chi connectivity index (χ1v) is 14.1. The number of aliphatic carboxylic acids is 1. The summed E-state index contributed by atoms with van der Waals surface area (Å²) < 4.78 is 6.37. The molecular formula is C26H37NO3Si. The molecule has 0 spiro atoms. The minimum Gasteiger partial charge on any atom is -0.481 e. The molecule has 0 aliphatic heterocycles. The van der Waals surface area contributed by atoms with Crippen molar-refractivity contribution in [3.8, 4) is 0 Å². The summed E-state index contributed by atoms with van der Waals surface area (Å²) in [5.41, 5.74) is 1.73. The van der Waals surface area contributed by atoms with E-state index < -0.39 is 19.7 Å². The quantitative estimate of drug-likeness (QED) is 0.491. The number of rotatable bonds is 9. The van der Waals surface area contributed by atoms with Gasteiger partial charge in [-0.1, -0.05) is 81.4 Å². The lowest BCUT2D eigenvalue weighted by Crippen LogP contribution is -2.57. The highest BCUT2D eigenvalue weighted by molar-refractivity contribution is 6.74. The fourth-order valence-corrected chi connectivity index (χ4v) is 5.01. The molecule has 31 heavy (non-hydrogen) atoms. The molecule has 1 aliphatic rings. The average Bonchev–Trinajstić information content (AvgIpc) is 2.67. The maximum Gasteiger partial charge on any atom is 0.312 e. The van der Waals surface area contributed by atoms with E-state index in [1.807, 2.05) is 12.1 Å². The van der Waals surface area contributed by atoms with Crippen LogP contribution in [0, 0.1) is 5.41 Å². The van der Waals surface area contributed by atoms with Gasteiger partial charge in [0.05, 0.1) is 12.0 Å². The van der Waals surface area contributed by atoms with Crippen molar-refractivity contribution in [2.45, 2.75) is 70.9 Å². The standard InChI is InChI=1S/C26H37NO3Si/c1-25(2,3)31(4,5)30-20-26(24(28)29)16-23(17-26)27(18-21-12-8-6-9-13-21)19-22-14-10-7-11-15-22/h6-15,23H,16-20H2,1-5H3,(H,28,29)/t23-,26-. The molecule has 3 rings (SSSR count). The lowest BCUT2D eigenvalue weighted by Gasteiger charge is -2.50. The van der Waals surface area contributed by atoms with Crippen LogP contribution >= 0.6 is 0 Å². The summed E-state index contributed by atoms with van der Waals surface area (Å²) in [5.74, 6) is -0.721. The lowest BCUT2D eigenvalue weighted by molar-refractivity contribution is -0.164. The Bertz CT molecular complexity index is 814. The predicted molar refractivity (Wildman–Crippen MR) is 128 cm³/mol. The topological polar surface area (TPSA) is 49.8 Å². The molecule has 0 atom stereocenters. The monoisotopic (exact) mass is 439 g/mol. The second-order valence-corrected chi connectivity index (χ2v) is 15.4. The molecule has 2 aromatic rings. The molecule has 1 N–H and O–H groups in total. The predicted octanol–water partition coefficient (Wildman–Crippen LogP) is 5.94. The Labute approximate surface area is 188 Å². The van der Waals surface area contributed by atoms with Gasteiger partial charge in [-0.3, -0.25) is 9.69 Å². The summed E-state index contributed by atoms with van der Waals surface area (Å²) in [6.45, 7) is 12.9. The molecule has 1 aliphatic carbocycles. The van der Waals surface area contributed by atoms with Gasteiger partial charge < -0.3 is 9.53 Å². The fraction of sp³-hybridized carbons (Fsp3) is 0.500. The first-order chi connectivity index (χ1) is 14.5. The number of carboxylic acids is 1. The van der Waals surface area contributed by atoms with Crippen LogP contribution < -0.4 is 0 Å². The first kappa shape index (κ1) is 23.7. The molecule has 1 saturated carbocycles. The number of carboxylic acid groups (broad SMARTS) is 1. The highest BCUT2D eigenvalue weighted by Gasteiger charge is 2.53. The van der Waals surface area contributed by atoms with Crippen molar-refractivity contribution in [1.29, 1.82) is 0 Å². The van der Waals surface area contributed by atoms with Gasteiger partial charge in [0, 0.05) is 19.1 Å². The van der Waals surface area contributed by atoms with Crippen molar-refractivity contribution in [3.05, 3.63) is 71.8 Å². The van der Waals surface area contributed by atoms with Crippen molar-refractivity contribution in [2.75, 3.05) is 6.61 Å². The summed E-state index contributed by atoms with van der Waals surface area (Å²) in [7, 11) is -1.99. The van der Waals surface area contributed by atoms with Gasteiger partial charge in [0.25, 0.3) is 0 Å². The van der Waals surface area contributed by atoms with Gasteiger partial charge in [-0.05, 0) is 42.1 Å².